The smallest absolute Gasteiger partial charge is 0.257 e. The second-order valence-electron chi connectivity index (χ2n) is 7.92. The van der Waals surface area contributed by atoms with Crippen LogP contribution in [-0.4, -0.2) is 44.7 Å². The summed E-state index contributed by atoms with van der Waals surface area (Å²) in [6, 6.07) is 13.2. The SMILES string of the molecule is COc1cccc(Cn2nccc2NC(=O)c2cc(-c3cccs3)nc3c2c(C)nn3C)c1OC. The maximum absolute atomic E-state index is 13.6. The van der Waals surface area contributed by atoms with Crippen LogP contribution >= 0.6 is 11.3 Å². The number of aryl methyl sites for hydroxylation is 2. The van der Waals surface area contributed by atoms with E-state index in [0.29, 0.717) is 35.1 Å². The molecule has 178 valence electrons. The second kappa shape index (κ2) is 9.22. The van der Waals surface area contributed by atoms with Gasteiger partial charge in [0, 0.05) is 18.7 Å². The van der Waals surface area contributed by atoms with Crippen LogP contribution in [0.5, 0.6) is 11.5 Å². The summed E-state index contributed by atoms with van der Waals surface area (Å²) in [4.78, 5) is 19.3. The Morgan fingerprint density at radius 2 is 2.00 bits per heavy atom. The van der Waals surface area contributed by atoms with Gasteiger partial charge in [-0.1, -0.05) is 18.2 Å². The van der Waals surface area contributed by atoms with Crippen molar-refractivity contribution in [2.45, 2.75) is 13.5 Å². The summed E-state index contributed by atoms with van der Waals surface area (Å²) in [5, 5.41) is 14.6. The van der Waals surface area contributed by atoms with E-state index in [4.69, 9.17) is 14.5 Å². The number of carbonyl (C=O) groups is 1. The first-order chi connectivity index (χ1) is 17.0. The number of thiophene rings is 1. The van der Waals surface area contributed by atoms with Gasteiger partial charge in [-0.05, 0) is 30.5 Å². The number of benzene rings is 1. The van der Waals surface area contributed by atoms with Gasteiger partial charge in [-0.15, -0.1) is 11.3 Å². The third-order valence-electron chi connectivity index (χ3n) is 5.75. The zero-order valence-electron chi connectivity index (χ0n) is 19.8. The molecule has 4 aromatic heterocycles. The number of methoxy groups -OCH3 is 2. The van der Waals surface area contributed by atoms with Crippen LogP contribution < -0.4 is 14.8 Å². The van der Waals surface area contributed by atoms with E-state index < -0.39 is 0 Å². The molecule has 0 spiro atoms. The molecule has 10 heteroatoms. The molecule has 5 rings (SSSR count). The number of fused-ring (bicyclic) bond motifs is 1. The topological polar surface area (TPSA) is 96.1 Å². The van der Waals surface area contributed by atoms with E-state index in [0.717, 1.165) is 27.2 Å². The van der Waals surface area contributed by atoms with E-state index >= 15 is 0 Å². The normalized spacial score (nSPS) is 11.1. The standard InChI is InChI=1S/C25H24N6O3S/c1-15-22-17(13-18(20-9-6-12-35-20)27-24(22)30(2)29-15)25(32)28-21-10-11-26-31(21)14-16-7-5-8-19(33-3)23(16)34-4/h5-13H,14H2,1-4H3,(H,28,32). The van der Waals surface area contributed by atoms with E-state index in [9.17, 15) is 4.79 Å². The van der Waals surface area contributed by atoms with Crippen LogP contribution in [0.25, 0.3) is 21.6 Å². The Morgan fingerprint density at radius 3 is 2.74 bits per heavy atom. The van der Waals surface area contributed by atoms with Crippen LogP contribution in [0.1, 0.15) is 21.6 Å². The molecule has 1 amide bonds. The summed E-state index contributed by atoms with van der Waals surface area (Å²) in [7, 11) is 5.03. The van der Waals surface area contributed by atoms with Gasteiger partial charge in [-0.25, -0.2) is 9.67 Å². The molecule has 0 saturated carbocycles. The van der Waals surface area contributed by atoms with Crippen molar-refractivity contribution in [3.63, 3.8) is 0 Å². The molecule has 0 fully saturated rings. The van der Waals surface area contributed by atoms with Gasteiger partial charge in [-0.3, -0.25) is 9.48 Å². The van der Waals surface area contributed by atoms with Crippen molar-refractivity contribution in [1.29, 1.82) is 0 Å². The van der Waals surface area contributed by atoms with Crippen LogP contribution in [0.4, 0.5) is 5.82 Å². The fourth-order valence-corrected chi connectivity index (χ4v) is 4.85. The summed E-state index contributed by atoms with van der Waals surface area (Å²) in [5.41, 5.74) is 3.52. The molecule has 0 aliphatic carbocycles. The van der Waals surface area contributed by atoms with Gasteiger partial charge in [0.15, 0.2) is 17.1 Å². The first kappa shape index (κ1) is 22.6. The zero-order valence-corrected chi connectivity index (χ0v) is 20.6. The van der Waals surface area contributed by atoms with Gasteiger partial charge in [0.1, 0.15) is 5.82 Å². The summed E-state index contributed by atoms with van der Waals surface area (Å²) in [6.07, 6.45) is 1.65. The summed E-state index contributed by atoms with van der Waals surface area (Å²) >= 11 is 1.57. The van der Waals surface area contributed by atoms with Crippen LogP contribution in [0.2, 0.25) is 0 Å². The van der Waals surface area contributed by atoms with Crippen LogP contribution in [-0.2, 0) is 13.6 Å². The number of amides is 1. The van der Waals surface area contributed by atoms with Crippen molar-refractivity contribution in [3.05, 3.63) is 70.9 Å². The molecular weight excluding hydrogens is 464 g/mol. The number of nitrogens with one attached hydrogen (secondary N) is 1. The largest absolute Gasteiger partial charge is 0.493 e. The number of pyridine rings is 1. The molecule has 0 saturated heterocycles. The van der Waals surface area contributed by atoms with Crippen molar-refractivity contribution < 1.29 is 14.3 Å². The molecule has 4 heterocycles. The lowest BCUT2D eigenvalue weighted by atomic mass is 10.1. The molecule has 0 bridgehead atoms. The van der Waals surface area contributed by atoms with Crippen molar-refractivity contribution in [1.82, 2.24) is 24.5 Å². The molecule has 5 aromatic rings. The Bertz CT molecular complexity index is 1520. The van der Waals surface area contributed by atoms with Gasteiger partial charge < -0.3 is 14.8 Å². The predicted octanol–water partition coefficient (Wildman–Crippen LogP) is 4.52. The van der Waals surface area contributed by atoms with E-state index in [-0.39, 0.29) is 5.91 Å². The van der Waals surface area contributed by atoms with E-state index in [2.05, 4.69) is 15.5 Å². The number of rotatable bonds is 7. The molecule has 9 nitrogen and oxygen atoms in total. The predicted molar refractivity (Wildman–Crippen MR) is 135 cm³/mol. The number of ether oxygens (including phenoxy) is 2. The number of hydrogen-bond acceptors (Lipinski definition) is 7. The lowest BCUT2D eigenvalue weighted by Gasteiger charge is -2.14. The minimum Gasteiger partial charge on any atom is -0.493 e. The molecular formula is C25H24N6O3S. The highest BCUT2D eigenvalue weighted by atomic mass is 32.1. The second-order valence-corrected chi connectivity index (χ2v) is 8.87. The molecule has 0 atom stereocenters. The van der Waals surface area contributed by atoms with Crippen LogP contribution in [0.15, 0.2) is 54.0 Å². The molecule has 1 aromatic carbocycles. The number of carbonyl (C=O) groups excluding carboxylic acids is 1. The van der Waals surface area contributed by atoms with E-state index in [1.54, 1.807) is 47.2 Å². The lowest BCUT2D eigenvalue weighted by Crippen LogP contribution is -2.17. The van der Waals surface area contributed by atoms with E-state index in [1.807, 2.05) is 55.7 Å². The van der Waals surface area contributed by atoms with Gasteiger partial charge >= 0.3 is 0 Å². The number of nitrogens with zero attached hydrogens (tertiary/aromatic N) is 5. The third-order valence-corrected chi connectivity index (χ3v) is 6.64. The number of hydrogen-bond donors (Lipinski definition) is 1. The Balaban J connectivity index is 1.51. The van der Waals surface area contributed by atoms with Gasteiger partial charge in [0.05, 0.1) is 54.2 Å². The Kier molecular flexibility index (Phi) is 5.96. The molecule has 0 aliphatic rings. The Morgan fingerprint density at radius 1 is 1.14 bits per heavy atom. The lowest BCUT2D eigenvalue weighted by molar-refractivity contribution is 0.102. The Labute approximate surface area is 205 Å². The highest BCUT2D eigenvalue weighted by molar-refractivity contribution is 7.13. The molecule has 35 heavy (non-hydrogen) atoms. The minimum atomic E-state index is -0.259. The molecule has 0 radical (unpaired) electrons. The highest BCUT2D eigenvalue weighted by Gasteiger charge is 2.21. The van der Waals surface area contributed by atoms with Crippen molar-refractivity contribution in [2.24, 2.45) is 7.05 Å². The Hall–Kier alpha value is -4.18. The van der Waals surface area contributed by atoms with Crippen molar-refractivity contribution in [2.75, 3.05) is 19.5 Å². The summed E-state index contributed by atoms with van der Waals surface area (Å²) in [5.74, 6) is 1.56. The van der Waals surface area contributed by atoms with Crippen molar-refractivity contribution in [3.8, 4) is 22.1 Å². The maximum atomic E-state index is 13.6. The number of aromatic nitrogens is 5. The molecule has 1 N–H and O–H groups in total. The monoisotopic (exact) mass is 488 g/mol. The molecule has 0 aliphatic heterocycles. The van der Waals surface area contributed by atoms with Crippen LogP contribution in [0, 0.1) is 6.92 Å². The van der Waals surface area contributed by atoms with Gasteiger partial charge in [0.2, 0.25) is 0 Å². The summed E-state index contributed by atoms with van der Waals surface area (Å²) < 4.78 is 14.4. The number of anilines is 1. The first-order valence-electron chi connectivity index (χ1n) is 10.9. The fourth-order valence-electron chi connectivity index (χ4n) is 4.16. The summed E-state index contributed by atoms with van der Waals surface area (Å²) in [6.45, 7) is 2.27. The van der Waals surface area contributed by atoms with Gasteiger partial charge in [-0.2, -0.15) is 10.2 Å². The van der Waals surface area contributed by atoms with E-state index in [1.165, 1.54) is 0 Å². The average molecular weight is 489 g/mol. The minimum absolute atomic E-state index is 0.259. The van der Waals surface area contributed by atoms with Crippen LogP contribution in [0.3, 0.4) is 0 Å². The first-order valence-corrected chi connectivity index (χ1v) is 11.8. The van der Waals surface area contributed by atoms with Gasteiger partial charge in [0.25, 0.3) is 5.91 Å². The fraction of sp³-hybridized carbons (Fsp3) is 0.200. The average Bonchev–Trinajstić information content (AvgIpc) is 3.60. The van der Waals surface area contributed by atoms with Crippen molar-refractivity contribution >= 4 is 34.1 Å². The molecule has 0 unspecified atom stereocenters. The zero-order chi connectivity index (χ0) is 24.5. The quantitative estimate of drug-likeness (QED) is 0.362. The highest BCUT2D eigenvalue weighted by Crippen LogP contribution is 2.32. The third kappa shape index (κ3) is 4.12. The number of para-hydroxylation sites is 1. The maximum Gasteiger partial charge on any atom is 0.257 e.